The second-order valence-corrected chi connectivity index (χ2v) is 5.01. The first kappa shape index (κ1) is 13.0. The lowest BCUT2D eigenvalue weighted by atomic mass is 10.3. The molecular formula is C12H16Cl2N2O. The van der Waals surface area contributed by atoms with Crippen molar-refractivity contribution in [2.75, 3.05) is 26.2 Å². The van der Waals surface area contributed by atoms with Gasteiger partial charge in [-0.05, 0) is 18.6 Å². The molecule has 0 amide bonds. The fraction of sp³-hybridized carbons (Fsp3) is 0.500. The number of nitrogens with two attached hydrogens (primary N) is 1. The molecule has 0 saturated carbocycles. The lowest BCUT2D eigenvalue weighted by Gasteiger charge is -2.16. The summed E-state index contributed by atoms with van der Waals surface area (Å²) in [6.07, 6.45) is 1.25. The Morgan fingerprint density at radius 1 is 1.35 bits per heavy atom. The van der Waals surface area contributed by atoms with Crippen LogP contribution in [-0.2, 0) is 0 Å². The molecule has 0 aliphatic carbocycles. The largest absolute Gasteiger partial charge is 0.489 e. The number of hydrogen-bond donors (Lipinski definition) is 1. The number of halogens is 2. The number of rotatable bonds is 4. The van der Waals surface area contributed by atoms with Gasteiger partial charge in [-0.2, -0.15) is 0 Å². The van der Waals surface area contributed by atoms with Gasteiger partial charge in [0, 0.05) is 32.2 Å². The fourth-order valence-electron chi connectivity index (χ4n) is 2.02. The van der Waals surface area contributed by atoms with Crippen molar-refractivity contribution in [3.8, 4) is 5.75 Å². The molecule has 0 spiro atoms. The topological polar surface area (TPSA) is 38.5 Å². The predicted octanol–water partition coefficient (Wildman–Crippen LogP) is 2.41. The molecule has 1 heterocycles. The molecule has 1 aromatic rings. The highest BCUT2D eigenvalue weighted by Gasteiger charge is 2.23. The lowest BCUT2D eigenvalue weighted by molar-refractivity contribution is 0.201. The van der Waals surface area contributed by atoms with Crippen LogP contribution in [0.4, 0.5) is 0 Å². The van der Waals surface area contributed by atoms with E-state index in [9.17, 15) is 0 Å². The van der Waals surface area contributed by atoms with Gasteiger partial charge in [-0.25, -0.2) is 0 Å². The summed E-state index contributed by atoms with van der Waals surface area (Å²) in [5.41, 5.74) is 5.53. The van der Waals surface area contributed by atoms with Crippen molar-refractivity contribution in [2.45, 2.75) is 12.5 Å². The molecule has 1 fully saturated rings. The molecule has 1 aliphatic heterocycles. The molecule has 3 nitrogen and oxygen atoms in total. The van der Waals surface area contributed by atoms with E-state index in [1.807, 2.05) is 6.07 Å². The van der Waals surface area contributed by atoms with Gasteiger partial charge in [0.25, 0.3) is 0 Å². The summed E-state index contributed by atoms with van der Waals surface area (Å²) >= 11 is 11.8. The normalized spacial score (nSPS) is 20.8. The Balaban J connectivity index is 1.91. The zero-order valence-electron chi connectivity index (χ0n) is 9.53. The minimum Gasteiger partial charge on any atom is -0.489 e. The van der Waals surface area contributed by atoms with Crippen molar-refractivity contribution < 1.29 is 4.74 Å². The molecule has 2 N–H and O–H groups in total. The quantitative estimate of drug-likeness (QED) is 0.917. The summed E-state index contributed by atoms with van der Waals surface area (Å²) in [4.78, 5) is 2.31. The SMILES string of the molecule is NCCN1CCC(Oc2ccc(Cl)c(Cl)c2)C1. The van der Waals surface area contributed by atoms with Crippen molar-refractivity contribution in [1.82, 2.24) is 4.90 Å². The number of benzene rings is 1. The smallest absolute Gasteiger partial charge is 0.121 e. The Morgan fingerprint density at radius 2 is 2.18 bits per heavy atom. The summed E-state index contributed by atoms with van der Waals surface area (Å²) in [5, 5.41) is 1.08. The van der Waals surface area contributed by atoms with E-state index in [0.29, 0.717) is 16.6 Å². The number of ether oxygens (including phenoxy) is 1. The molecule has 0 radical (unpaired) electrons. The number of nitrogens with zero attached hydrogens (tertiary/aromatic N) is 1. The van der Waals surface area contributed by atoms with Gasteiger partial charge >= 0.3 is 0 Å². The third kappa shape index (κ3) is 3.49. The Hall–Kier alpha value is -0.480. The minimum absolute atomic E-state index is 0.221. The highest BCUT2D eigenvalue weighted by Crippen LogP contribution is 2.27. The summed E-state index contributed by atoms with van der Waals surface area (Å²) < 4.78 is 5.86. The molecule has 1 saturated heterocycles. The molecule has 1 unspecified atom stereocenters. The maximum Gasteiger partial charge on any atom is 0.121 e. The van der Waals surface area contributed by atoms with Gasteiger partial charge in [0.2, 0.25) is 0 Å². The van der Waals surface area contributed by atoms with Crippen LogP contribution in [0.5, 0.6) is 5.75 Å². The average molecular weight is 275 g/mol. The van der Waals surface area contributed by atoms with Crippen molar-refractivity contribution in [3.63, 3.8) is 0 Å². The van der Waals surface area contributed by atoms with Gasteiger partial charge in [-0.3, -0.25) is 4.90 Å². The van der Waals surface area contributed by atoms with Gasteiger partial charge < -0.3 is 10.5 Å². The minimum atomic E-state index is 0.221. The van der Waals surface area contributed by atoms with Gasteiger partial charge in [-0.15, -0.1) is 0 Å². The van der Waals surface area contributed by atoms with Crippen LogP contribution in [0.3, 0.4) is 0 Å². The zero-order valence-corrected chi connectivity index (χ0v) is 11.0. The lowest BCUT2D eigenvalue weighted by Crippen LogP contribution is -2.29. The monoisotopic (exact) mass is 274 g/mol. The van der Waals surface area contributed by atoms with E-state index in [2.05, 4.69) is 4.90 Å². The summed E-state index contributed by atoms with van der Waals surface area (Å²) in [6.45, 7) is 3.60. The molecule has 0 aromatic heterocycles. The third-order valence-corrected chi connectivity index (χ3v) is 3.61. The van der Waals surface area contributed by atoms with E-state index in [4.69, 9.17) is 33.7 Å². The Bertz CT molecular complexity index is 387. The summed E-state index contributed by atoms with van der Waals surface area (Å²) in [7, 11) is 0. The van der Waals surface area contributed by atoms with E-state index in [0.717, 1.165) is 31.8 Å². The maximum absolute atomic E-state index is 5.94. The second kappa shape index (κ2) is 5.91. The van der Waals surface area contributed by atoms with Gasteiger partial charge in [0.1, 0.15) is 11.9 Å². The van der Waals surface area contributed by atoms with E-state index in [-0.39, 0.29) is 6.10 Å². The Kier molecular flexibility index (Phi) is 4.51. The highest BCUT2D eigenvalue weighted by atomic mass is 35.5. The average Bonchev–Trinajstić information content (AvgIpc) is 2.72. The summed E-state index contributed by atoms with van der Waals surface area (Å²) in [6, 6.07) is 5.36. The van der Waals surface area contributed by atoms with E-state index in [1.54, 1.807) is 12.1 Å². The van der Waals surface area contributed by atoms with Crippen LogP contribution in [0.25, 0.3) is 0 Å². The zero-order chi connectivity index (χ0) is 12.3. The molecule has 1 atom stereocenters. The molecular weight excluding hydrogens is 259 g/mol. The van der Waals surface area contributed by atoms with E-state index in [1.165, 1.54) is 0 Å². The fourth-order valence-corrected chi connectivity index (χ4v) is 2.31. The first-order chi connectivity index (χ1) is 8.19. The predicted molar refractivity (Wildman–Crippen MR) is 71.0 cm³/mol. The van der Waals surface area contributed by atoms with E-state index < -0.39 is 0 Å². The molecule has 2 rings (SSSR count). The van der Waals surface area contributed by atoms with Crippen LogP contribution in [0, 0.1) is 0 Å². The van der Waals surface area contributed by atoms with Gasteiger partial charge in [-0.1, -0.05) is 23.2 Å². The standard InChI is InChI=1S/C12H16Cl2N2O/c13-11-2-1-9(7-12(11)14)17-10-3-5-16(8-10)6-4-15/h1-2,7,10H,3-6,8,15H2. The third-order valence-electron chi connectivity index (χ3n) is 2.87. The van der Waals surface area contributed by atoms with Gasteiger partial charge in [0.05, 0.1) is 10.0 Å². The van der Waals surface area contributed by atoms with Crippen LogP contribution in [0.15, 0.2) is 18.2 Å². The highest BCUT2D eigenvalue weighted by molar-refractivity contribution is 6.42. The van der Waals surface area contributed by atoms with Gasteiger partial charge in [0.15, 0.2) is 0 Å². The molecule has 0 bridgehead atoms. The Morgan fingerprint density at radius 3 is 2.88 bits per heavy atom. The molecule has 1 aliphatic rings. The van der Waals surface area contributed by atoms with Crippen LogP contribution in [-0.4, -0.2) is 37.2 Å². The maximum atomic E-state index is 5.94. The first-order valence-corrected chi connectivity index (χ1v) is 6.49. The first-order valence-electron chi connectivity index (χ1n) is 5.73. The molecule has 17 heavy (non-hydrogen) atoms. The van der Waals surface area contributed by atoms with Crippen molar-refractivity contribution in [1.29, 1.82) is 0 Å². The second-order valence-electron chi connectivity index (χ2n) is 4.19. The van der Waals surface area contributed by atoms with Crippen molar-refractivity contribution in [3.05, 3.63) is 28.2 Å². The molecule has 1 aromatic carbocycles. The van der Waals surface area contributed by atoms with Crippen LogP contribution < -0.4 is 10.5 Å². The number of likely N-dealkylation sites (tertiary alicyclic amines) is 1. The Labute approximate surface area is 111 Å². The van der Waals surface area contributed by atoms with Crippen LogP contribution in [0.2, 0.25) is 10.0 Å². The van der Waals surface area contributed by atoms with E-state index >= 15 is 0 Å². The summed E-state index contributed by atoms with van der Waals surface area (Å²) in [5.74, 6) is 0.777. The molecule has 94 valence electrons. The van der Waals surface area contributed by atoms with Crippen LogP contribution in [0.1, 0.15) is 6.42 Å². The number of hydrogen-bond acceptors (Lipinski definition) is 3. The van der Waals surface area contributed by atoms with Crippen LogP contribution >= 0.6 is 23.2 Å². The van der Waals surface area contributed by atoms with Crippen molar-refractivity contribution in [2.24, 2.45) is 5.73 Å². The van der Waals surface area contributed by atoms with Crippen molar-refractivity contribution >= 4 is 23.2 Å². The molecule has 5 heteroatoms.